The number of benzene rings is 1. The largest absolute Gasteiger partial charge is 0.481 e. The number of nitrogens with zero attached hydrogens (tertiary/aromatic N) is 5. The van der Waals surface area contributed by atoms with Crippen molar-refractivity contribution >= 4 is 28.8 Å². The van der Waals surface area contributed by atoms with Crippen molar-refractivity contribution < 1.29 is 24.2 Å². The highest BCUT2D eigenvalue weighted by atomic mass is 16.5. The van der Waals surface area contributed by atoms with Crippen molar-refractivity contribution in [3.05, 3.63) is 41.6 Å². The number of amides is 1. The van der Waals surface area contributed by atoms with E-state index in [-0.39, 0.29) is 30.2 Å². The Morgan fingerprint density at radius 1 is 1.11 bits per heavy atom. The number of aryl methyl sites for hydroxylation is 1. The molecule has 2 saturated carbocycles. The maximum atomic E-state index is 12.6. The molecule has 200 valence electrons. The van der Waals surface area contributed by atoms with Crippen molar-refractivity contribution in [3.8, 4) is 5.88 Å². The number of hydrogen-bond donors (Lipinski definition) is 1. The van der Waals surface area contributed by atoms with Gasteiger partial charge in [-0.25, -0.2) is 14.8 Å². The van der Waals surface area contributed by atoms with E-state index in [2.05, 4.69) is 14.5 Å². The minimum Gasteiger partial charge on any atom is -0.481 e. The summed E-state index contributed by atoms with van der Waals surface area (Å²) in [5.41, 5.74) is 4.42. The summed E-state index contributed by atoms with van der Waals surface area (Å²) in [5, 5.41) is 9.76. The van der Waals surface area contributed by atoms with Crippen LogP contribution in [0.1, 0.15) is 75.0 Å². The van der Waals surface area contributed by atoms with E-state index in [4.69, 9.17) is 14.5 Å². The SMILES string of the molecule is COC(=O)N1c2ccc3c(nc(Cc4cncc(OC5CC5)n4)n3[C@@H]3CCC[C@@H](C(=O)O)C3)c2CCC1C. The Bertz CT molecular complexity index is 1380. The first-order valence-electron chi connectivity index (χ1n) is 13.5. The topological polar surface area (TPSA) is 120 Å². The lowest BCUT2D eigenvalue weighted by atomic mass is 9.85. The van der Waals surface area contributed by atoms with E-state index in [0.717, 1.165) is 72.3 Å². The summed E-state index contributed by atoms with van der Waals surface area (Å²) >= 11 is 0. The summed E-state index contributed by atoms with van der Waals surface area (Å²) in [6, 6.07) is 4.03. The minimum atomic E-state index is -0.739. The van der Waals surface area contributed by atoms with Crippen LogP contribution in [0.15, 0.2) is 24.5 Å². The number of rotatable bonds is 6. The second-order valence-corrected chi connectivity index (χ2v) is 10.8. The van der Waals surface area contributed by atoms with E-state index in [9.17, 15) is 14.7 Å². The number of carboxylic acid groups (broad SMARTS) is 1. The number of ether oxygens (including phenoxy) is 2. The van der Waals surface area contributed by atoms with Crippen LogP contribution in [0, 0.1) is 5.92 Å². The lowest BCUT2D eigenvalue weighted by Gasteiger charge is -2.34. The zero-order chi connectivity index (χ0) is 26.4. The van der Waals surface area contributed by atoms with Gasteiger partial charge in [0.1, 0.15) is 11.9 Å². The maximum Gasteiger partial charge on any atom is 0.414 e. The fraction of sp³-hybridized carbons (Fsp3) is 0.536. The third-order valence-corrected chi connectivity index (χ3v) is 8.07. The molecule has 0 radical (unpaired) electrons. The number of methoxy groups -OCH3 is 1. The summed E-state index contributed by atoms with van der Waals surface area (Å²) < 4.78 is 13.2. The summed E-state index contributed by atoms with van der Waals surface area (Å²) in [6.45, 7) is 2.03. The van der Waals surface area contributed by atoms with Gasteiger partial charge in [0.15, 0.2) is 0 Å². The van der Waals surface area contributed by atoms with Crippen molar-refractivity contribution in [2.45, 2.75) is 82.9 Å². The zero-order valence-electron chi connectivity index (χ0n) is 21.8. The third kappa shape index (κ3) is 4.56. The lowest BCUT2D eigenvalue weighted by molar-refractivity contribution is -0.143. The van der Waals surface area contributed by atoms with Crippen molar-refractivity contribution in [1.82, 2.24) is 19.5 Å². The smallest absolute Gasteiger partial charge is 0.414 e. The van der Waals surface area contributed by atoms with E-state index >= 15 is 0 Å². The van der Waals surface area contributed by atoms with Crippen LogP contribution in [0.25, 0.3) is 11.0 Å². The van der Waals surface area contributed by atoms with Crippen LogP contribution in [-0.2, 0) is 22.4 Å². The first-order chi connectivity index (χ1) is 18.4. The van der Waals surface area contributed by atoms with Crippen molar-refractivity contribution in [3.63, 3.8) is 0 Å². The molecule has 2 aromatic heterocycles. The quantitative estimate of drug-likeness (QED) is 0.498. The predicted octanol–water partition coefficient (Wildman–Crippen LogP) is 4.68. The van der Waals surface area contributed by atoms with Crippen LogP contribution in [0.4, 0.5) is 10.5 Å². The maximum absolute atomic E-state index is 12.6. The van der Waals surface area contributed by atoms with Crippen LogP contribution in [0.5, 0.6) is 5.88 Å². The molecule has 0 saturated heterocycles. The Labute approximate surface area is 221 Å². The summed E-state index contributed by atoms with van der Waals surface area (Å²) in [4.78, 5) is 40.4. The Morgan fingerprint density at radius 3 is 2.71 bits per heavy atom. The monoisotopic (exact) mass is 519 g/mol. The van der Waals surface area contributed by atoms with Gasteiger partial charge in [-0.2, -0.15) is 0 Å². The number of fused-ring (bicyclic) bond motifs is 3. The van der Waals surface area contributed by atoms with E-state index < -0.39 is 5.97 Å². The summed E-state index contributed by atoms with van der Waals surface area (Å²) in [7, 11) is 1.40. The fourth-order valence-electron chi connectivity index (χ4n) is 6.02. The van der Waals surface area contributed by atoms with E-state index in [1.807, 2.05) is 19.1 Å². The molecular formula is C28H33N5O5. The molecule has 1 N–H and O–H groups in total. The molecule has 38 heavy (non-hydrogen) atoms. The van der Waals surface area contributed by atoms with Crippen LogP contribution >= 0.6 is 0 Å². The Kier molecular flexibility index (Phi) is 6.41. The number of carbonyl (C=O) groups excluding carboxylic acids is 1. The highest BCUT2D eigenvalue weighted by Gasteiger charge is 2.34. The standard InChI is InChI=1S/C28H33N5O5/c1-16-6-9-21-22(32(16)28(36)37-2)10-11-23-26(21)31-24(33(23)19-5-3-4-17(12-19)27(34)35)13-18-14-29-15-25(30-18)38-20-7-8-20/h10-11,14-17,19-20H,3-9,12-13H2,1-2H3,(H,34,35)/t16?,17-,19-/m1/s1. The molecule has 2 aliphatic carbocycles. The molecule has 0 spiro atoms. The highest BCUT2D eigenvalue weighted by Crippen LogP contribution is 2.41. The van der Waals surface area contributed by atoms with Crippen LogP contribution in [0.3, 0.4) is 0 Å². The van der Waals surface area contributed by atoms with Gasteiger partial charge in [0, 0.05) is 23.8 Å². The molecule has 1 aromatic carbocycles. The number of carbonyl (C=O) groups is 2. The molecule has 2 fully saturated rings. The second kappa shape index (κ2) is 9.89. The van der Waals surface area contributed by atoms with E-state index in [1.54, 1.807) is 17.3 Å². The number of aromatic nitrogens is 4. The first-order valence-corrected chi connectivity index (χ1v) is 13.5. The molecule has 0 bridgehead atoms. The Balaban J connectivity index is 1.45. The average Bonchev–Trinajstić information content (AvgIpc) is 3.65. The van der Waals surface area contributed by atoms with Gasteiger partial charge in [0.25, 0.3) is 0 Å². The summed E-state index contributed by atoms with van der Waals surface area (Å²) in [5.74, 6) is 0.237. The van der Waals surface area contributed by atoms with Gasteiger partial charge in [-0.05, 0) is 64.0 Å². The molecule has 1 aliphatic heterocycles. The molecule has 10 heteroatoms. The predicted molar refractivity (Wildman–Crippen MR) is 140 cm³/mol. The molecule has 3 aromatic rings. The molecule has 6 rings (SSSR count). The van der Waals surface area contributed by atoms with Gasteiger partial charge in [0.05, 0.1) is 48.1 Å². The van der Waals surface area contributed by atoms with Crippen molar-refractivity contribution in [2.75, 3.05) is 12.0 Å². The van der Waals surface area contributed by atoms with Gasteiger partial charge < -0.3 is 19.1 Å². The average molecular weight is 520 g/mol. The van der Waals surface area contributed by atoms with Gasteiger partial charge in [-0.1, -0.05) is 6.42 Å². The van der Waals surface area contributed by atoms with Gasteiger partial charge in [0.2, 0.25) is 5.88 Å². The highest BCUT2D eigenvalue weighted by molar-refractivity contribution is 5.95. The molecule has 3 heterocycles. The number of hydrogen-bond acceptors (Lipinski definition) is 7. The van der Waals surface area contributed by atoms with Crippen LogP contribution in [-0.4, -0.2) is 55.9 Å². The molecular weight excluding hydrogens is 486 g/mol. The normalized spacial score (nSPS) is 23.2. The molecule has 1 amide bonds. The molecule has 10 nitrogen and oxygen atoms in total. The van der Waals surface area contributed by atoms with Gasteiger partial charge >= 0.3 is 12.1 Å². The lowest BCUT2D eigenvalue weighted by Crippen LogP contribution is -2.42. The number of aliphatic carboxylic acids is 1. The van der Waals surface area contributed by atoms with E-state index in [0.29, 0.717) is 25.1 Å². The molecule has 3 aliphatic rings. The van der Waals surface area contributed by atoms with Gasteiger partial charge in [-0.3, -0.25) is 14.7 Å². The van der Waals surface area contributed by atoms with Crippen molar-refractivity contribution in [2.24, 2.45) is 5.92 Å². The molecule has 3 atom stereocenters. The second-order valence-electron chi connectivity index (χ2n) is 10.8. The first kappa shape index (κ1) is 24.6. The molecule has 1 unspecified atom stereocenters. The minimum absolute atomic E-state index is 0.0148. The zero-order valence-corrected chi connectivity index (χ0v) is 21.8. The number of imidazole rings is 1. The van der Waals surface area contributed by atoms with Crippen LogP contribution < -0.4 is 9.64 Å². The van der Waals surface area contributed by atoms with Crippen molar-refractivity contribution in [1.29, 1.82) is 0 Å². The Morgan fingerprint density at radius 2 is 1.95 bits per heavy atom. The fourth-order valence-corrected chi connectivity index (χ4v) is 6.02. The summed E-state index contributed by atoms with van der Waals surface area (Å²) in [6.07, 6.45) is 10.4. The Hall–Kier alpha value is -3.69. The van der Waals surface area contributed by atoms with E-state index in [1.165, 1.54) is 7.11 Å². The third-order valence-electron chi connectivity index (χ3n) is 8.07. The van der Waals surface area contributed by atoms with Gasteiger partial charge in [-0.15, -0.1) is 0 Å². The van der Waals surface area contributed by atoms with Crippen LogP contribution in [0.2, 0.25) is 0 Å². The number of anilines is 1. The number of carboxylic acids is 1.